The lowest BCUT2D eigenvalue weighted by Gasteiger charge is -2.21. The molecule has 2 N–H and O–H groups in total. The van der Waals surface area contributed by atoms with Crippen LogP contribution in [0.3, 0.4) is 0 Å². The van der Waals surface area contributed by atoms with Crippen molar-refractivity contribution in [2.45, 2.75) is 39.0 Å². The van der Waals surface area contributed by atoms with Gasteiger partial charge in [-0.15, -0.1) is 0 Å². The largest absolute Gasteiger partial charge is 0.481 e. The van der Waals surface area contributed by atoms with Crippen molar-refractivity contribution in [2.75, 3.05) is 18.0 Å². The number of carbonyl (C=O) groups excluding carboxylic acids is 1. The summed E-state index contributed by atoms with van der Waals surface area (Å²) in [5.41, 5.74) is 0.888. The average molecular weight is 292 g/mol. The van der Waals surface area contributed by atoms with Gasteiger partial charge in [-0.25, -0.2) is 4.79 Å². The molecular formula is C16H24N2O3. The molecule has 1 rings (SSSR count). The zero-order valence-corrected chi connectivity index (χ0v) is 12.5. The molecule has 5 nitrogen and oxygen atoms in total. The molecule has 0 aromatic heterocycles. The van der Waals surface area contributed by atoms with Gasteiger partial charge < -0.3 is 10.4 Å². The van der Waals surface area contributed by atoms with Crippen LogP contribution in [0.1, 0.15) is 39.0 Å². The molecule has 21 heavy (non-hydrogen) atoms. The highest BCUT2D eigenvalue weighted by Gasteiger charge is 2.12. The molecule has 0 spiro atoms. The Morgan fingerprint density at radius 2 is 1.76 bits per heavy atom. The number of carboxylic acids is 1. The quantitative estimate of drug-likeness (QED) is 0.686. The molecule has 0 unspecified atom stereocenters. The van der Waals surface area contributed by atoms with E-state index >= 15 is 0 Å². The summed E-state index contributed by atoms with van der Waals surface area (Å²) in [6.45, 7) is 3.18. The molecule has 2 amide bonds. The number of para-hydroxylation sites is 1. The number of anilines is 1. The maximum Gasteiger partial charge on any atom is 0.321 e. The van der Waals surface area contributed by atoms with Crippen molar-refractivity contribution in [1.29, 1.82) is 0 Å². The lowest BCUT2D eigenvalue weighted by molar-refractivity contribution is -0.137. The second-order valence-corrected chi connectivity index (χ2v) is 4.87. The monoisotopic (exact) mass is 292 g/mol. The molecule has 0 heterocycles. The van der Waals surface area contributed by atoms with Crippen LogP contribution in [-0.2, 0) is 4.79 Å². The van der Waals surface area contributed by atoms with E-state index in [1.807, 2.05) is 37.3 Å². The first-order chi connectivity index (χ1) is 10.1. The molecule has 0 fully saturated rings. The summed E-state index contributed by atoms with van der Waals surface area (Å²) < 4.78 is 0. The van der Waals surface area contributed by atoms with E-state index in [4.69, 9.17) is 5.11 Å². The predicted octanol–water partition coefficient (Wildman–Crippen LogP) is 3.26. The van der Waals surface area contributed by atoms with E-state index in [2.05, 4.69) is 5.32 Å². The Balaban J connectivity index is 2.22. The minimum absolute atomic E-state index is 0.0887. The fourth-order valence-electron chi connectivity index (χ4n) is 2.10. The van der Waals surface area contributed by atoms with Crippen LogP contribution in [0.25, 0.3) is 0 Å². The number of aliphatic carboxylic acids is 1. The maximum atomic E-state index is 12.1. The smallest absolute Gasteiger partial charge is 0.321 e. The van der Waals surface area contributed by atoms with Crippen LogP contribution in [0, 0.1) is 0 Å². The summed E-state index contributed by atoms with van der Waals surface area (Å²) in [5, 5.41) is 11.4. The second-order valence-electron chi connectivity index (χ2n) is 4.87. The van der Waals surface area contributed by atoms with Crippen molar-refractivity contribution in [2.24, 2.45) is 0 Å². The van der Waals surface area contributed by atoms with Crippen molar-refractivity contribution >= 4 is 17.7 Å². The zero-order valence-electron chi connectivity index (χ0n) is 12.5. The van der Waals surface area contributed by atoms with E-state index < -0.39 is 5.97 Å². The number of amides is 2. The van der Waals surface area contributed by atoms with Crippen LogP contribution in [0.15, 0.2) is 30.3 Å². The molecule has 0 atom stereocenters. The minimum Gasteiger partial charge on any atom is -0.481 e. The molecular weight excluding hydrogens is 268 g/mol. The van der Waals surface area contributed by atoms with Gasteiger partial charge in [-0.2, -0.15) is 0 Å². The van der Waals surface area contributed by atoms with E-state index in [1.54, 1.807) is 4.90 Å². The Labute approximate surface area is 126 Å². The number of unbranched alkanes of at least 4 members (excludes halogenated alkanes) is 3. The molecule has 0 saturated heterocycles. The molecule has 0 radical (unpaired) electrons. The molecule has 116 valence electrons. The molecule has 1 aromatic rings. The molecule has 0 aliphatic heterocycles. The normalized spacial score (nSPS) is 10.1. The third-order valence-electron chi connectivity index (χ3n) is 3.22. The van der Waals surface area contributed by atoms with Gasteiger partial charge in [0.1, 0.15) is 0 Å². The number of hydrogen-bond acceptors (Lipinski definition) is 2. The highest BCUT2D eigenvalue weighted by atomic mass is 16.4. The molecule has 0 saturated carbocycles. The lowest BCUT2D eigenvalue weighted by Crippen LogP contribution is -2.40. The summed E-state index contributed by atoms with van der Waals surface area (Å²) in [4.78, 5) is 24.1. The Hall–Kier alpha value is -2.04. The number of nitrogens with zero attached hydrogens (tertiary/aromatic N) is 1. The van der Waals surface area contributed by atoms with Gasteiger partial charge in [0.2, 0.25) is 0 Å². The average Bonchev–Trinajstić information content (AvgIpc) is 2.48. The molecule has 1 aromatic carbocycles. The van der Waals surface area contributed by atoms with Gasteiger partial charge in [-0.3, -0.25) is 9.69 Å². The summed E-state index contributed by atoms with van der Waals surface area (Å²) >= 11 is 0. The van der Waals surface area contributed by atoms with E-state index in [0.29, 0.717) is 19.5 Å². The van der Waals surface area contributed by atoms with Gasteiger partial charge in [0.05, 0.1) is 0 Å². The number of nitrogens with one attached hydrogen (secondary N) is 1. The first-order valence-corrected chi connectivity index (χ1v) is 7.47. The third-order valence-corrected chi connectivity index (χ3v) is 3.22. The number of urea groups is 1. The SMILES string of the molecule is CCN(C(=O)NCCCCCCC(=O)O)c1ccccc1. The maximum absolute atomic E-state index is 12.1. The van der Waals surface area contributed by atoms with Crippen LogP contribution in [-0.4, -0.2) is 30.2 Å². The van der Waals surface area contributed by atoms with E-state index in [0.717, 1.165) is 24.9 Å². The Morgan fingerprint density at radius 1 is 1.10 bits per heavy atom. The van der Waals surface area contributed by atoms with Crippen molar-refractivity contribution in [1.82, 2.24) is 5.32 Å². The van der Waals surface area contributed by atoms with Crippen LogP contribution < -0.4 is 10.2 Å². The summed E-state index contributed by atoms with van der Waals surface area (Å²) in [6.07, 6.45) is 3.62. The highest BCUT2D eigenvalue weighted by molar-refractivity contribution is 5.91. The van der Waals surface area contributed by atoms with Crippen LogP contribution in [0.2, 0.25) is 0 Å². The van der Waals surface area contributed by atoms with Gasteiger partial charge in [0, 0.05) is 25.2 Å². The Morgan fingerprint density at radius 3 is 2.38 bits per heavy atom. The first kappa shape index (κ1) is 17.0. The summed E-state index contributed by atoms with van der Waals surface area (Å²) in [5.74, 6) is -0.746. The van der Waals surface area contributed by atoms with Gasteiger partial charge in [0.15, 0.2) is 0 Å². The fraction of sp³-hybridized carbons (Fsp3) is 0.500. The standard InChI is InChI=1S/C16H24N2O3/c1-2-18(14-10-6-5-7-11-14)16(21)17-13-9-4-3-8-12-15(19)20/h5-7,10-11H,2-4,8-9,12-13H2,1H3,(H,17,21)(H,19,20). The van der Waals surface area contributed by atoms with E-state index in [-0.39, 0.29) is 12.5 Å². The zero-order chi connectivity index (χ0) is 15.5. The number of benzene rings is 1. The number of rotatable bonds is 9. The fourth-order valence-corrected chi connectivity index (χ4v) is 2.10. The minimum atomic E-state index is -0.746. The molecule has 0 aliphatic rings. The number of hydrogen-bond donors (Lipinski definition) is 2. The van der Waals surface area contributed by atoms with E-state index in [9.17, 15) is 9.59 Å². The number of carboxylic acid groups (broad SMARTS) is 1. The van der Waals surface area contributed by atoms with E-state index in [1.165, 1.54) is 0 Å². The predicted molar refractivity (Wildman–Crippen MR) is 83.6 cm³/mol. The van der Waals surface area contributed by atoms with Crippen LogP contribution in [0.5, 0.6) is 0 Å². The van der Waals surface area contributed by atoms with Crippen molar-refractivity contribution in [3.8, 4) is 0 Å². The molecule has 0 aliphatic carbocycles. The second kappa shape index (κ2) is 9.80. The van der Waals surface area contributed by atoms with Crippen LogP contribution >= 0.6 is 0 Å². The van der Waals surface area contributed by atoms with Crippen LogP contribution in [0.4, 0.5) is 10.5 Å². The van der Waals surface area contributed by atoms with Gasteiger partial charge in [0.25, 0.3) is 0 Å². The van der Waals surface area contributed by atoms with Crippen molar-refractivity contribution < 1.29 is 14.7 Å². The number of carbonyl (C=O) groups is 2. The third kappa shape index (κ3) is 6.79. The van der Waals surface area contributed by atoms with Crippen molar-refractivity contribution in [3.05, 3.63) is 30.3 Å². The Bertz CT molecular complexity index is 434. The molecule has 5 heteroatoms. The van der Waals surface area contributed by atoms with Gasteiger partial charge in [-0.1, -0.05) is 31.0 Å². The van der Waals surface area contributed by atoms with Gasteiger partial charge >= 0.3 is 12.0 Å². The van der Waals surface area contributed by atoms with Gasteiger partial charge in [-0.05, 0) is 31.9 Å². The Kier molecular flexibility index (Phi) is 7.94. The topological polar surface area (TPSA) is 69.6 Å². The molecule has 0 bridgehead atoms. The first-order valence-electron chi connectivity index (χ1n) is 7.47. The van der Waals surface area contributed by atoms with Crippen molar-refractivity contribution in [3.63, 3.8) is 0 Å². The lowest BCUT2D eigenvalue weighted by atomic mass is 10.1. The highest BCUT2D eigenvalue weighted by Crippen LogP contribution is 2.12. The summed E-state index contributed by atoms with van der Waals surface area (Å²) in [6, 6.07) is 9.48. The summed E-state index contributed by atoms with van der Waals surface area (Å²) in [7, 11) is 0.